The van der Waals surface area contributed by atoms with Crippen LogP contribution in [-0.4, -0.2) is 0 Å². The monoisotopic (exact) mass is 213 g/mol. The first-order valence-electron chi connectivity index (χ1n) is 5.85. The fourth-order valence-electron chi connectivity index (χ4n) is 2.11. The summed E-state index contributed by atoms with van der Waals surface area (Å²) in [4.78, 5) is 0. The van der Waals surface area contributed by atoms with Crippen molar-refractivity contribution >= 4 is 11.3 Å². The summed E-state index contributed by atoms with van der Waals surface area (Å²) >= 11 is 0. The number of allylic oxidation sites excluding steroid dienone is 3. The highest BCUT2D eigenvalue weighted by molar-refractivity contribution is 5.88. The minimum absolute atomic E-state index is 0.663. The number of para-hydroxylation sites is 1. The van der Waals surface area contributed by atoms with Gasteiger partial charge >= 0.3 is 0 Å². The summed E-state index contributed by atoms with van der Waals surface area (Å²) in [7, 11) is 0. The van der Waals surface area contributed by atoms with Crippen LogP contribution in [0.4, 0.5) is 5.69 Å². The fraction of sp³-hybridized carbons (Fsp3) is 0.333. The van der Waals surface area contributed by atoms with Crippen molar-refractivity contribution in [2.75, 3.05) is 5.32 Å². The van der Waals surface area contributed by atoms with Gasteiger partial charge in [0.1, 0.15) is 0 Å². The molecule has 16 heavy (non-hydrogen) atoms. The van der Waals surface area contributed by atoms with E-state index in [0.717, 1.165) is 12.0 Å². The third-order valence-electron chi connectivity index (χ3n) is 3.06. The normalized spacial score (nSPS) is 15.1. The van der Waals surface area contributed by atoms with Crippen molar-refractivity contribution < 1.29 is 0 Å². The lowest BCUT2D eigenvalue weighted by molar-refractivity contribution is 0.641. The van der Waals surface area contributed by atoms with Crippen molar-refractivity contribution in [2.45, 2.75) is 27.2 Å². The van der Waals surface area contributed by atoms with Crippen LogP contribution in [-0.2, 0) is 0 Å². The van der Waals surface area contributed by atoms with Gasteiger partial charge in [-0.1, -0.05) is 38.6 Å². The summed E-state index contributed by atoms with van der Waals surface area (Å²) in [5, 5.41) is 3.53. The van der Waals surface area contributed by atoms with Gasteiger partial charge < -0.3 is 5.32 Å². The van der Waals surface area contributed by atoms with E-state index in [1.54, 1.807) is 0 Å². The van der Waals surface area contributed by atoms with Gasteiger partial charge in [0.05, 0.1) is 0 Å². The molecule has 84 valence electrons. The molecule has 0 fully saturated rings. The Hall–Kier alpha value is -1.50. The first-order chi connectivity index (χ1) is 7.59. The van der Waals surface area contributed by atoms with Crippen LogP contribution >= 0.6 is 0 Å². The first-order valence-corrected chi connectivity index (χ1v) is 5.85. The molecule has 0 amide bonds. The third kappa shape index (κ3) is 1.90. The van der Waals surface area contributed by atoms with Gasteiger partial charge in [-0.05, 0) is 36.5 Å². The number of hydrogen-bond donors (Lipinski definition) is 1. The Labute approximate surface area is 97.9 Å². The van der Waals surface area contributed by atoms with Gasteiger partial charge in [0.15, 0.2) is 0 Å². The fourth-order valence-corrected chi connectivity index (χ4v) is 2.11. The molecule has 1 aliphatic rings. The zero-order chi connectivity index (χ0) is 11.7. The number of anilines is 1. The highest BCUT2D eigenvalue weighted by Crippen LogP contribution is 2.36. The number of nitrogens with one attached hydrogen (secondary N) is 1. The molecule has 1 heteroatoms. The maximum absolute atomic E-state index is 4.20. The second-order valence-corrected chi connectivity index (χ2v) is 4.85. The Bertz CT molecular complexity index is 452. The Morgan fingerprint density at radius 1 is 1.25 bits per heavy atom. The molecule has 1 aliphatic heterocycles. The SMILES string of the molecule is C=C1C(C)=C(CC(C)C)Nc2ccccc21. The van der Waals surface area contributed by atoms with Gasteiger partial charge in [0, 0.05) is 16.9 Å². The van der Waals surface area contributed by atoms with Crippen LogP contribution in [0.2, 0.25) is 0 Å². The van der Waals surface area contributed by atoms with Crippen molar-refractivity contribution in [2.24, 2.45) is 5.92 Å². The number of fused-ring (bicyclic) bond motifs is 1. The topological polar surface area (TPSA) is 12.0 Å². The largest absolute Gasteiger partial charge is 0.358 e. The molecule has 0 aliphatic carbocycles. The minimum Gasteiger partial charge on any atom is -0.358 e. The quantitative estimate of drug-likeness (QED) is 0.765. The molecule has 0 bridgehead atoms. The Kier molecular flexibility index (Phi) is 2.86. The standard InChI is InChI=1S/C15H19N/c1-10(2)9-15-12(4)11(3)13-7-5-6-8-14(13)16-15/h5-8,10,16H,3,9H2,1-2,4H3. The van der Waals surface area contributed by atoms with Gasteiger partial charge in [-0.25, -0.2) is 0 Å². The first kappa shape index (κ1) is 11.0. The molecule has 0 saturated heterocycles. The summed E-state index contributed by atoms with van der Waals surface area (Å²) in [5.41, 5.74) is 6.19. The lowest BCUT2D eigenvalue weighted by Crippen LogP contribution is -2.12. The second kappa shape index (κ2) is 4.17. The Balaban J connectivity index is 2.39. The lowest BCUT2D eigenvalue weighted by Gasteiger charge is -2.26. The molecule has 1 aromatic carbocycles. The average Bonchev–Trinajstić information content (AvgIpc) is 2.25. The minimum atomic E-state index is 0.663. The van der Waals surface area contributed by atoms with E-state index in [1.165, 1.54) is 22.5 Å². The van der Waals surface area contributed by atoms with Crippen LogP contribution in [0, 0.1) is 5.92 Å². The smallest absolute Gasteiger partial charge is 0.0461 e. The van der Waals surface area contributed by atoms with E-state index in [-0.39, 0.29) is 0 Å². The molecule has 2 rings (SSSR count). The maximum Gasteiger partial charge on any atom is 0.0461 e. The second-order valence-electron chi connectivity index (χ2n) is 4.85. The molecule has 0 radical (unpaired) electrons. The van der Waals surface area contributed by atoms with Crippen LogP contribution in [0.3, 0.4) is 0 Å². The van der Waals surface area contributed by atoms with E-state index in [0.29, 0.717) is 5.92 Å². The van der Waals surface area contributed by atoms with E-state index in [9.17, 15) is 0 Å². The van der Waals surface area contributed by atoms with E-state index < -0.39 is 0 Å². The summed E-state index contributed by atoms with van der Waals surface area (Å²) in [5.74, 6) is 0.663. The van der Waals surface area contributed by atoms with Crippen molar-refractivity contribution in [3.63, 3.8) is 0 Å². The number of hydrogen-bond acceptors (Lipinski definition) is 1. The van der Waals surface area contributed by atoms with Crippen molar-refractivity contribution in [1.29, 1.82) is 0 Å². The molecule has 1 heterocycles. The van der Waals surface area contributed by atoms with Crippen molar-refractivity contribution in [3.05, 3.63) is 47.7 Å². The van der Waals surface area contributed by atoms with E-state index in [1.807, 2.05) is 0 Å². The molecule has 1 N–H and O–H groups in total. The van der Waals surface area contributed by atoms with Crippen molar-refractivity contribution in [1.82, 2.24) is 0 Å². The van der Waals surface area contributed by atoms with Crippen molar-refractivity contribution in [3.8, 4) is 0 Å². The number of rotatable bonds is 2. The lowest BCUT2D eigenvalue weighted by atomic mass is 9.91. The average molecular weight is 213 g/mol. The van der Waals surface area contributed by atoms with E-state index >= 15 is 0 Å². The molecule has 0 aromatic heterocycles. The highest BCUT2D eigenvalue weighted by atomic mass is 14.9. The molecule has 0 unspecified atom stereocenters. The van der Waals surface area contributed by atoms with E-state index in [2.05, 4.69) is 56.9 Å². The zero-order valence-electron chi connectivity index (χ0n) is 10.3. The Morgan fingerprint density at radius 2 is 1.94 bits per heavy atom. The van der Waals surface area contributed by atoms with Crippen LogP contribution in [0.1, 0.15) is 32.8 Å². The molecular weight excluding hydrogens is 194 g/mol. The zero-order valence-corrected chi connectivity index (χ0v) is 10.3. The molecule has 0 spiro atoms. The van der Waals surface area contributed by atoms with Crippen LogP contribution in [0.5, 0.6) is 0 Å². The molecule has 0 saturated carbocycles. The predicted octanol–water partition coefficient (Wildman–Crippen LogP) is 4.45. The predicted molar refractivity (Wildman–Crippen MR) is 71.3 cm³/mol. The summed E-state index contributed by atoms with van der Waals surface area (Å²) in [6, 6.07) is 8.37. The molecule has 0 atom stereocenters. The molecule has 1 aromatic rings. The summed E-state index contributed by atoms with van der Waals surface area (Å²) in [6.45, 7) is 10.8. The van der Waals surface area contributed by atoms with Gasteiger partial charge in [-0.3, -0.25) is 0 Å². The van der Waals surface area contributed by atoms with Gasteiger partial charge in [-0.2, -0.15) is 0 Å². The summed E-state index contributed by atoms with van der Waals surface area (Å²) < 4.78 is 0. The van der Waals surface area contributed by atoms with Crippen LogP contribution in [0.15, 0.2) is 42.1 Å². The van der Waals surface area contributed by atoms with Gasteiger partial charge in [0.25, 0.3) is 0 Å². The van der Waals surface area contributed by atoms with Gasteiger partial charge in [0.2, 0.25) is 0 Å². The Morgan fingerprint density at radius 3 is 2.62 bits per heavy atom. The van der Waals surface area contributed by atoms with E-state index in [4.69, 9.17) is 0 Å². The van der Waals surface area contributed by atoms with Crippen LogP contribution < -0.4 is 5.32 Å². The summed E-state index contributed by atoms with van der Waals surface area (Å²) in [6.07, 6.45) is 1.08. The van der Waals surface area contributed by atoms with Crippen LogP contribution in [0.25, 0.3) is 5.57 Å². The number of benzene rings is 1. The van der Waals surface area contributed by atoms with Gasteiger partial charge in [-0.15, -0.1) is 0 Å². The highest BCUT2D eigenvalue weighted by Gasteiger charge is 2.17. The molecule has 1 nitrogen and oxygen atoms in total. The molecular formula is C15H19N. The third-order valence-corrected chi connectivity index (χ3v) is 3.06. The maximum atomic E-state index is 4.20.